The molecule has 0 radical (unpaired) electrons. The average molecular weight is 208 g/mol. The van der Waals surface area contributed by atoms with Crippen molar-refractivity contribution in [3.63, 3.8) is 0 Å². The van der Waals surface area contributed by atoms with Gasteiger partial charge in [-0.1, -0.05) is 6.92 Å². The maximum atomic E-state index is 9.73. The summed E-state index contributed by atoms with van der Waals surface area (Å²) in [5.74, 6) is 0.491. The summed E-state index contributed by atoms with van der Waals surface area (Å²) in [6.45, 7) is 6.36. The molecule has 0 saturated heterocycles. The van der Waals surface area contributed by atoms with Gasteiger partial charge in [-0.3, -0.25) is 0 Å². The number of fused-ring (bicyclic) bond motifs is 1. The van der Waals surface area contributed by atoms with Crippen molar-refractivity contribution in [2.75, 3.05) is 0 Å². The highest BCUT2D eigenvalue weighted by Crippen LogP contribution is 2.41. The van der Waals surface area contributed by atoms with Crippen molar-refractivity contribution in [3.05, 3.63) is 22.8 Å². The Hall–Kier alpha value is -1.22. The van der Waals surface area contributed by atoms with E-state index in [1.165, 1.54) is 6.07 Å². The highest BCUT2D eigenvalue weighted by Gasteiger charge is 2.28. The van der Waals surface area contributed by atoms with Gasteiger partial charge in [0.05, 0.1) is 12.7 Å². The summed E-state index contributed by atoms with van der Waals surface area (Å²) in [5, 5.41) is 19.4. The third-order valence-corrected chi connectivity index (χ3v) is 3.35. The summed E-state index contributed by atoms with van der Waals surface area (Å²) in [6, 6.07) is 1.39. The summed E-state index contributed by atoms with van der Waals surface area (Å²) < 4.78 is 5.55. The lowest BCUT2D eigenvalue weighted by Gasteiger charge is -2.31. The first-order valence-electron chi connectivity index (χ1n) is 5.18. The van der Waals surface area contributed by atoms with Crippen molar-refractivity contribution in [1.82, 2.24) is 0 Å². The van der Waals surface area contributed by atoms with Crippen molar-refractivity contribution in [2.45, 2.75) is 39.4 Å². The average Bonchev–Trinajstić information content (AvgIpc) is 2.19. The Morgan fingerprint density at radius 3 is 2.60 bits per heavy atom. The van der Waals surface area contributed by atoms with Gasteiger partial charge in [-0.15, -0.1) is 0 Å². The van der Waals surface area contributed by atoms with Gasteiger partial charge in [-0.05, 0) is 25.0 Å². The lowest BCUT2D eigenvalue weighted by atomic mass is 9.85. The number of rotatable bonds is 0. The molecule has 1 aromatic rings. The summed E-state index contributed by atoms with van der Waals surface area (Å²) >= 11 is 0. The Balaban J connectivity index is 2.65. The molecule has 2 atom stereocenters. The normalized spacial score (nSPS) is 25.0. The number of phenols is 2. The monoisotopic (exact) mass is 208 g/mol. The van der Waals surface area contributed by atoms with E-state index in [0.29, 0.717) is 6.61 Å². The molecule has 1 aromatic carbocycles. The third kappa shape index (κ3) is 1.47. The first-order chi connectivity index (χ1) is 7.02. The summed E-state index contributed by atoms with van der Waals surface area (Å²) in [7, 11) is 0. The molecule has 3 nitrogen and oxygen atoms in total. The van der Waals surface area contributed by atoms with Crippen molar-refractivity contribution in [2.24, 2.45) is 0 Å². The lowest BCUT2D eigenvalue weighted by Crippen LogP contribution is -2.24. The van der Waals surface area contributed by atoms with Crippen LogP contribution in [0.15, 0.2) is 6.07 Å². The highest BCUT2D eigenvalue weighted by molar-refractivity contribution is 5.53. The molecule has 2 N–H and O–H groups in total. The van der Waals surface area contributed by atoms with Crippen LogP contribution in [0, 0.1) is 6.92 Å². The standard InChI is InChI=1S/C12H16O3/c1-6-8(3)15-5-9-11(14)4-10(13)7(2)12(6)9/h4,6,8,13-14H,5H2,1-3H3/t6-,8-/m1/s1. The number of phenolic OH excluding ortho intramolecular Hbond substituents is 2. The lowest BCUT2D eigenvalue weighted by molar-refractivity contribution is 0.0225. The van der Waals surface area contributed by atoms with Gasteiger partial charge in [0.1, 0.15) is 11.5 Å². The second kappa shape index (κ2) is 3.42. The van der Waals surface area contributed by atoms with Gasteiger partial charge in [-0.2, -0.15) is 0 Å². The van der Waals surface area contributed by atoms with E-state index in [0.717, 1.165) is 16.7 Å². The molecule has 2 rings (SSSR count). The maximum Gasteiger partial charge on any atom is 0.125 e. The quantitative estimate of drug-likeness (QED) is 0.688. The molecule has 1 aliphatic rings. The van der Waals surface area contributed by atoms with Crippen molar-refractivity contribution < 1.29 is 14.9 Å². The minimum absolute atomic E-state index is 0.123. The van der Waals surface area contributed by atoms with Crippen LogP contribution in [0.3, 0.4) is 0 Å². The minimum Gasteiger partial charge on any atom is -0.508 e. The Kier molecular flexibility index (Phi) is 2.35. The molecular weight excluding hydrogens is 192 g/mol. The molecule has 0 bridgehead atoms. The van der Waals surface area contributed by atoms with Crippen molar-refractivity contribution in [3.8, 4) is 11.5 Å². The third-order valence-electron chi connectivity index (χ3n) is 3.35. The molecule has 82 valence electrons. The Morgan fingerprint density at radius 1 is 1.27 bits per heavy atom. The summed E-state index contributed by atoms with van der Waals surface area (Å²) in [5.41, 5.74) is 2.70. The van der Waals surface area contributed by atoms with E-state index in [-0.39, 0.29) is 23.5 Å². The zero-order valence-electron chi connectivity index (χ0n) is 9.24. The van der Waals surface area contributed by atoms with E-state index >= 15 is 0 Å². The number of ether oxygens (including phenoxy) is 1. The maximum absolute atomic E-state index is 9.73. The van der Waals surface area contributed by atoms with Crippen LogP contribution in [-0.4, -0.2) is 16.3 Å². The van der Waals surface area contributed by atoms with Gasteiger partial charge in [0.2, 0.25) is 0 Å². The van der Waals surface area contributed by atoms with E-state index in [4.69, 9.17) is 4.74 Å². The van der Waals surface area contributed by atoms with Crippen LogP contribution in [0.4, 0.5) is 0 Å². The van der Waals surface area contributed by atoms with Crippen LogP contribution in [0.1, 0.15) is 36.5 Å². The SMILES string of the molecule is Cc1c(O)cc(O)c2c1[C@H](C)[C@@H](C)OC2. The molecule has 0 unspecified atom stereocenters. The van der Waals surface area contributed by atoms with E-state index in [1.54, 1.807) is 0 Å². The molecule has 1 heterocycles. The molecule has 0 aliphatic carbocycles. The fourth-order valence-corrected chi connectivity index (χ4v) is 2.19. The van der Waals surface area contributed by atoms with Gasteiger partial charge in [0, 0.05) is 17.5 Å². The molecule has 0 spiro atoms. The molecule has 1 aliphatic heterocycles. The van der Waals surface area contributed by atoms with Crippen molar-refractivity contribution >= 4 is 0 Å². The number of hydrogen-bond acceptors (Lipinski definition) is 3. The minimum atomic E-state index is 0.123. The van der Waals surface area contributed by atoms with Crippen LogP contribution in [0.5, 0.6) is 11.5 Å². The summed E-state index contributed by atoms with van der Waals surface area (Å²) in [4.78, 5) is 0. The van der Waals surface area contributed by atoms with Crippen LogP contribution >= 0.6 is 0 Å². The van der Waals surface area contributed by atoms with Crippen LogP contribution in [0.25, 0.3) is 0 Å². The molecular formula is C12H16O3. The molecule has 3 heteroatoms. The van der Waals surface area contributed by atoms with Gasteiger partial charge >= 0.3 is 0 Å². The van der Waals surface area contributed by atoms with Crippen LogP contribution in [-0.2, 0) is 11.3 Å². The molecule has 15 heavy (non-hydrogen) atoms. The second-order valence-electron chi connectivity index (χ2n) is 4.24. The zero-order valence-corrected chi connectivity index (χ0v) is 9.24. The first kappa shape index (κ1) is 10.3. The fraction of sp³-hybridized carbons (Fsp3) is 0.500. The largest absolute Gasteiger partial charge is 0.508 e. The van der Waals surface area contributed by atoms with Crippen LogP contribution in [0.2, 0.25) is 0 Å². The van der Waals surface area contributed by atoms with E-state index < -0.39 is 0 Å². The van der Waals surface area contributed by atoms with E-state index in [9.17, 15) is 10.2 Å². The molecule has 0 fully saturated rings. The Bertz CT molecular complexity index is 398. The Labute approximate surface area is 89.3 Å². The zero-order chi connectivity index (χ0) is 11.2. The smallest absolute Gasteiger partial charge is 0.125 e. The Morgan fingerprint density at radius 2 is 1.93 bits per heavy atom. The van der Waals surface area contributed by atoms with Crippen molar-refractivity contribution in [1.29, 1.82) is 0 Å². The van der Waals surface area contributed by atoms with Gasteiger partial charge in [-0.25, -0.2) is 0 Å². The van der Waals surface area contributed by atoms with Gasteiger partial charge in [0.15, 0.2) is 0 Å². The summed E-state index contributed by atoms with van der Waals surface area (Å²) in [6.07, 6.45) is 0.123. The predicted molar refractivity (Wildman–Crippen MR) is 57.2 cm³/mol. The predicted octanol–water partition coefficient (Wildman–Crippen LogP) is 2.43. The highest BCUT2D eigenvalue weighted by atomic mass is 16.5. The van der Waals surface area contributed by atoms with E-state index in [1.807, 2.05) is 13.8 Å². The first-order valence-corrected chi connectivity index (χ1v) is 5.18. The van der Waals surface area contributed by atoms with Gasteiger partial charge < -0.3 is 14.9 Å². The number of benzene rings is 1. The molecule has 0 saturated carbocycles. The topological polar surface area (TPSA) is 49.7 Å². The fourth-order valence-electron chi connectivity index (χ4n) is 2.19. The number of aromatic hydroxyl groups is 2. The van der Waals surface area contributed by atoms with Crippen LogP contribution < -0.4 is 0 Å². The molecule has 0 aromatic heterocycles. The molecule has 0 amide bonds. The van der Waals surface area contributed by atoms with E-state index in [2.05, 4.69) is 6.92 Å². The number of hydrogen-bond donors (Lipinski definition) is 2. The van der Waals surface area contributed by atoms with Gasteiger partial charge in [0.25, 0.3) is 0 Å². The second-order valence-corrected chi connectivity index (χ2v) is 4.24.